The first kappa shape index (κ1) is 16.0. The molecule has 5 heteroatoms. The first-order chi connectivity index (χ1) is 9.12. The molecule has 106 valence electrons. The summed E-state index contributed by atoms with van der Waals surface area (Å²) in [6, 6.07) is 6.17. The first-order valence-electron chi connectivity index (χ1n) is 6.57. The summed E-state index contributed by atoms with van der Waals surface area (Å²) in [6.45, 7) is 7.05. The van der Waals surface area contributed by atoms with Gasteiger partial charge in [-0.15, -0.1) is 0 Å². The Morgan fingerprint density at radius 3 is 2.68 bits per heavy atom. The monoisotopic (exact) mass is 327 g/mol. The van der Waals surface area contributed by atoms with Crippen LogP contribution in [-0.4, -0.2) is 32.6 Å². The third kappa shape index (κ3) is 4.84. The predicted molar refractivity (Wildman–Crippen MR) is 83.5 cm³/mol. The van der Waals surface area contributed by atoms with E-state index < -0.39 is 0 Å². The number of halogens is 1. The van der Waals surface area contributed by atoms with Crippen molar-refractivity contribution in [2.75, 3.05) is 31.6 Å². The normalized spacial score (nSPS) is 10.3. The van der Waals surface area contributed by atoms with Gasteiger partial charge in [-0.25, -0.2) is 0 Å². The van der Waals surface area contributed by atoms with Crippen LogP contribution in [0.1, 0.15) is 19.4 Å². The van der Waals surface area contributed by atoms with Gasteiger partial charge in [-0.2, -0.15) is 0 Å². The van der Waals surface area contributed by atoms with Gasteiger partial charge >= 0.3 is 0 Å². The fourth-order valence-electron chi connectivity index (χ4n) is 1.88. The van der Waals surface area contributed by atoms with Crippen LogP contribution in [0.2, 0.25) is 0 Å². The quantitative estimate of drug-likeness (QED) is 0.806. The predicted octanol–water partition coefficient (Wildman–Crippen LogP) is 2.13. The number of hydrogen-bond acceptors (Lipinski definition) is 3. The lowest BCUT2D eigenvalue weighted by Gasteiger charge is -2.25. The minimum atomic E-state index is 0.0270. The average molecular weight is 328 g/mol. The topological polar surface area (TPSA) is 44.4 Å². The standard InChI is InChI=1S/C14H22BrN3O/c1-4-17-9-11-8-12(15)6-7-13(11)18(5-2)10-14(19)16-3/h6-8,17H,4-5,9-10H2,1-3H3,(H,16,19). The summed E-state index contributed by atoms with van der Waals surface area (Å²) in [5.41, 5.74) is 2.30. The van der Waals surface area contributed by atoms with E-state index in [1.807, 2.05) is 6.07 Å². The van der Waals surface area contributed by atoms with Crippen molar-refractivity contribution >= 4 is 27.5 Å². The summed E-state index contributed by atoms with van der Waals surface area (Å²) < 4.78 is 1.06. The maximum absolute atomic E-state index is 11.6. The van der Waals surface area contributed by atoms with Gasteiger partial charge in [0.1, 0.15) is 0 Å². The number of amides is 1. The first-order valence-corrected chi connectivity index (χ1v) is 7.36. The Balaban J connectivity index is 2.97. The molecule has 0 saturated heterocycles. The molecule has 0 unspecified atom stereocenters. The fraction of sp³-hybridized carbons (Fsp3) is 0.500. The molecular formula is C14H22BrN3O. The smallest absolute Gasteiger partial charge is 0.239 e. The second kappa shape index (κ2) is 8.17. The Bertz CT molecular complexity index is 423. The number of anilines is 1. The Morgan fingerprint density at radius 1 is 1.37 bits per heavy atom. The molecule has 0 aromatic heterocycles. The lowest BCUT2D eigenvalue weighted by molar-refractivity contribution is -0.119. The second-order valence-electron chi connectivity index (χ2n) is 4.24. The number of nitrogens with one attached hydrogen (secondary N) is 2. The SMILES string of the molecule is CCNCc1cc(Br)ccc1N(CC)CC(=O)NC. The third-order valence-electron chi connectivity index (χ3n) is 2.94. The summed E-state index contributed by atoms with van der Waals surface area (Å²) in [6.07, 6.45) is 0. The molecule has 4 nitrogen and oxygen atoms in total. The number of rotatable bonds is 7. The Labute approximate surface area is 123 Å². The van der Waals surface area contributed by atoms with Gasteiger partial charge in [-0.3, -0.25) is 4.79 Å². The number of benzene rings is 1. The van der Waals surface area contributed by atoms with Crippen molar-refractivity contribution < 1.29 is 4.79 Å². The van der Waals surface area contributed by atoms with E-state index in [1.54, 1.807) is 7.05 Å². The van der Waals surface area contributed by atoms with Crippen LogP contribution in [-0.2, 0) is 11.3 Å². The van der Waals surface area contributed by atoms with Crippen LogP contribution < -0.4 is 15.5 Å². The molecule has 0 bridgehead atoms. The van der Waals surface area contributed by atoms with Gasteiger partial charge in [0.05, 0.1) is 6.54 Å². The van der Waals surface area contributed by atoms with Crippen LogP contribution in [0.15, 0.2) is 22.7 Å². The number of carbonyl (C=O) groups excluding carboxylic acids is 1. The Hall–Kier alpha value is -1.07. The largest absolute Gasteiger partial charge is 0.362 e. The van der Waals surface area contributed by atoms with E-state index in [0.717, 1.165) is 29.8 Å². The third-order valence-corrected chi connectivity index (χ3v) is 3.44. The summed E-state index contributed by atoms with van der Waals surface area (Å²) in [7, 11) is 1.66. The number of nitrogens with zero attached hydrogens (tertiary/aromatic N) is 1. The molecule has 1 aromatic carbocycles. The number of likely N-dealkylation sites (N-methyl/N-ethyl adjacent to an activating group) is 2. The van der Waals surface area contributed by atoms with Crippen molar-refractivity contribution in [3.05, 3.63) is 28.2 Å². The van der Waals surface area contributed by atoms with Gasteiger partial charge in [0.2, 0.25) is 5.91 Å². The summed E-state index contributed by atoms with van der Waals surface area (Å²) in [4.78, 5) is 13.7. The van der Waals surface area contributed by atoms with Crippen molar-refractivity contribution in [2.45, 2.75) is 20.4 Å². The van der Waals surface area contributed by atoms with Gasteiger partial charge in [0, 0.05) is 30.3 Å². The lowest BCUT2D eigenvalue weighted by Crippen LogP contribution is -2.36. The highest BCUT2D eigenvalue weighted by Crippen LogP contribution is 2.24. The van der Waals surface area contributed by atoms with E-state index in [1.165, 1.54) is 5.56 Å². The molecule has 1 amide bonds. The fourth-order valence-corrected chi connectivity index (χ4v) is 2.29. The van der Waals surface area contributed by atoms with Crippen molar-refractivity contribution in [1.29, 1.82) is 0 Å². The van der Waals surface area contributed by atoms with Crippen LogP contribution >= 0.6 is 15.9 Å². The van der Waals surface area contributed by atoms with Crippen LogP contribution in [0.3, 0.4) is 0 Å². The van der Waals surface area contributed by atoms with Crippen LogP contribution in [0.5, 0.6) is 0 Å². The lowest BCUT2D eigenvalue weighted by atomic mass is 10.1. The van der Waals surface area contributed by atoms with E-state index >= 15 is 0 Å². The van der Waals surface area contributed by atoms with Crippen molar-refractivity contribution in [3.63, 3.8) is 0 Å². The van der Waals surface area contributed by atoms with E-state index in [0.29, 0.717) is 6.54 Å². The molecule has 0 aliphatic rings. The van der Waals surface area contributed by atoms with Gasteiger partial charge in [0.25, 0.3) is 0 Å². The second-order valence-corrected chi connectivity index (χ2v) is 5.16. The number of carbonyl (C=O) groups is 1. The molecular weight excluding hydrogens is 306 g/mol. The number of hydrogen-bond donors (Lipinski definition) is 2. The molecule has 0 radical (unpaired) electrons. The van der Waals surface area contributed by atoms with E-state index in [9.17, 15) is 4.79 Å². The van der Waals surface area contributed by atoms with Crippen molar-refractivity contribution in [3.8, 4) is 0 Å². The van der Waals surface area contributed by atoms with Crippen molar-refractivity contribution in [2.24, 2.45) is 0 Å². The highest BCUT2D eigenvalue weighted by molar-refractivity contribution is 9.10. The highest BCUT2D eigenvalue weighted by atomic mass is 79.9. The molecule has 0 fully saturated rings. The van der Waals surface area contributed by atoms with Gasteiger partial charge in [-0.1, -0.05) is 22.9 Å². The summed E-state index contributed by atoms with van der Waals surface area (Å²) >= 11 is 3.50. The molecule has 1 rings (SSSR count). The van der Waals surface area contributed by atoms with E-state index in [4.69, 9.17) is 0 Å². The zero-order valence-electron chi connectivity index (χ0n) is 11.8. The molecule has 0 atom stereocenters. The Kier molecular flexibility index (Phi) is 6.87. The molecule has 0 heterocycles. The van der Waals surface area contributed by atoms with Crippen LogP contribution in [0.25, 0.3) is 0 Å². The minimum absolute atomic E-state index is 0.0270. The summed E-state index contributed by atoms with van der Waals surface area (Å²) in [5.74, 6) is 0.0270. The maximum Gasteiger partial charge on any atom is 0.239 e. The Morgan fingerprint density at radius 2 is 2.11 bits per heavy atom. The molecule has 0 aliphatic carbocycles. The minimum Gasteiger partial charge on any atom is -0.362 e. The molecule has 2 N–H and O–H groups in total. The molecule has 0 saturated carbocycles. The zero-order valence-corrected chi connectivity index (χ0v) is 13.4. The molecule has 0 aliphatic heterocycles. The van der Waals surface area contributed by atoms with Gasteiger partial charge < -0.3 is 15.5 Å². The van der Waals surface area contributed by atoms with Crippen LogP contribution in [0.4, 0.5) is 5.69 Å². The van der Waals surface area contributed by atoms with Crippen molar-refractivity contribution in [1.82, 2.24) is 10.6 Å². The highest BCUT2D eigenvalue weighted by Gasteiger charge is 2.12. The average Bonchev–Trinajstić information content (AvgIpc) is 2.42. The molecule has 0 spiro atoms. The maximum atomic E-state index is 11.6. The summed E-state index contributed by atoms with van der Waals surface area (Å²) in [5, 5.41) is 6.00. The van der Waals surface area contributed by atoms with E-state index in [-0.39, 0.29) is 5.91 Å². The van der Waals surface area contributed by atoms with Gasteiger partial charge in [-0.05, 0) is 37.2 Å². The van der Waals surface area contributed by atoms with E-state index in [2.05, 4.69) is 57.4 Å². The van der Waals surface area contributed by atoms with Crippen LogP contribution in [0, 0.1) is 0 Å². The van der Waals surface area contributed by atoms with Gasteiger partial charge in [0.15, 0.2) is 0 Å². The molecule has 1 aromatic rings. The zero-order chi connectivity index (χ0) is 14.3. The molecule has 19 heavy (non-hydrogen) atoms.